The molecule has 160 valence electrons. The highest BCUT2D eigenvalue weighted by Gasteiger charge is 2.27. The van der Waals surface area contributed by atoms with E-state index in [0.29, 0.717) is 36.8 Å². The van der Waals surface area contributed by atoms with Crippen molar-refractivity contribution in [3.05, 3.63) is 65.6 Å². The Balaban J connectivity index is 1.24. The van der Waals surface area contributed by atoms with Crippen molar-refractivity contribution in [2.75, 3.05) is 23.7 Å². The topological polar surface area (TPSA) is 105 Å². The first-order valence-electron chi connectivity index (χ1n) is 10.0. The minimum Gasteiger partial charge on any atom is -0.459 e. The van der Waals surface area contributed by atoms with Crippen LogP contribution in [0, 0.1) is 5.92 Å². The van der Waals surface area contributed by atoms with Crippen molar-refractivity contribution in [3.63, 3.8) is 0 Å². The van der Waals surface area contributed by atoms with Gasteiger partial charge in [0.1, 0.15) is 0 Å². The number of thiazole rings is 1. The van der Waals surface area contributed by atoms with Crippen molar-refractivity contribution < 1.29 is 18.8 Å². The number of nitrogens with zero attached hydrogens (tertiary/aromatic N) is 2. The number of benzene rings is 1. The average Bonchev–Trinajstić information content (AvgIpc) is 3.47. The maximum atomic E-state index is 12.6. The third-order valence-electron chi connectivity index (χ3n) is 5.11. The van der Waals surface area contributed by atoms with E-state index in [1.54, 1.807) is 22.4 Å². The molecule has 0 bridgehead atoms. The highest BCUT2D eigenvalue weighted by molar-refractivity contribution is 7.14. The molecule has 1 aliphatic heterocycles. The Morgan fingerprint density at radius 3 is 2.55 bits per heavy atom. The lowest BCUT2D eigenvalue weighted by molar-refractivity contribution is -0.133. The molecule has 3 amide bonds. The summed E-state index contributed by atoms with van der Waals surface area (Å²) < 4.78 is 5.05. The van der Waals surface area contributed by atoms with Gasteiger partial charge in [0.25, 0.3) is 5.91 Å². The van der Waals surface area contributed by atoms with Gasteiger partial charge in [0.05, 0.1) is 18.4 Å². The van der Waals surface area contributed by atoms with Gasteiger partial charge in [0.2, 0.25) is 11.8 Å². The number of rotatable bonds is 6. The minimum atomic E-state index is -0.381. The summed E-state index contributed by atoms with van der Waals surface area (Å²) in [6.45, 7) is 1.08. The predicted molar refractivity (Wildman–Crippen MR) is 117 cm³/mol. The van der Waals surface area contributed by atoms with Crippen LogP contribution in [0.4, 0.5) is 10.8 Å². The number of amides is 3. The second kappa shape index (κ2) is 9.57. The first-order chi connectivity index (χ1) is 15.1. The van der Waals surface area contributed by atoms with Crippen LogP contribution in [0.1, 0.15) is 29.1 Å². The lowest BCUT2D eigenvalue weighted by Gasteiger charge is -2.31. The number of piperidine rings is 1. The molecule has 0 saturated carbocycles. The fourth-order valence-electron chi connectivity index (χ4n) is 3.44. The molecule has 3 aromatic rings. The predicted octanol–water partition coefficient (Wildman–Crippen LogP) is 3.41. The molecule has 1 aliphatic rings. The Morgan fingerprint density at radius 1 is 1.06 bits per heavy atom. The quantitative estimate of drug-likeness (QED) is 0.614. The maximum absolute atomic E-state index is 12.6. The molecular formula is C22H22N4O4S. The molecule has 9 heteroatoms. The van der Waals surface area contributed by atoms with E-state index in [-0.39, 0.29) is 35.8 Å². The Kier molecular flexibility index (Phi) is 6.42. The standard InChI is InChI=1S/C22H22N4O4S/c27-19(13-17-14-31-22(24-17)25-21(29)18-7-4-12-30-18)26-10-8-15(9-11-26)20(28)23-16-5-2-1-3-6-16/h1-7,12,14-15H,8-11,13H2,(H,23,28)(H,24,25,29). The summed E-state index contributed by atoms with van der Waals surface area (Å²) in [5, 5.41) is 7.77. The van der Waals surface area contributed by atoms with Gasteiger partial charge >= 0.3 is 0 Å². The fourth-order valence-corrected chi connectivity index (χ4v) is 4.14. The van der Waals surface area contributed by atoms with Crippen molar-refractivity contribution in [1.29, 1.82) is 0 Å². The van der Waals surface area contributed by atoms with Gasteiger partial charge in [-0.25, -0.2) is 4.98 Å². The van der Waals surface area contributed by atoms with E-state index in [0.717, 1.165) is 5.69 Å². The third kappa shape index (κ3) is 5.37. The van der Waals surface area contributed by atoms with Crippen LogP contribution in [0.2, 0.25) is 0 Å². The molecular weight excluding hydrogens is 416 g/mol. The summed E-state index contributed by atoms with van der Waals surface area (Å²) >= 11 is 1.26. The van der Waals surface area contributed by atoms with Crippen LogP contribution >= 0.6 is 11.3 Å². The molecule has 8 nitrogen and oxygen atoms in total. The Hall–Kier alpha value is -3.46. The Morgan fingerprint density at radius 2 is 1.84 bits per heavy atom. The van der Waals surface area contributed by atoms with Crippen molar-refractivity contribution in [2.24, 2.45) is 5.92 Å². The number of para-hydroxylation sites is 1. The van der Waals surface area contributed by atoms with E-state index in [1.807, 2.05) is 30.3 Å². The van der Waals surface area contributed by atoms with Crippen molar-refractivity contribution >= 4 is 39.9 Å². The number of nitrogens with one attached hydrogen (secondary N) is 2. The van der Waals surface area contributed by atoms with E-state index in [2.05, 4.69) is 15.6 Å². The molecule has 1 saturated heterocycles. The van der Waals surface area contributed by atoms with E-state index in [1.165, 1.54) is 17.6 Å². The second-order valence-electron chi connectivity index (χ2n) is 7.26. The highest BCUT2D eigenvalue weighted by Crippen LogP contribution is 2.22. The smallest absolute Gasteiger partial charge is 0.293 e. The first kappa shape index (κ1) is 20.8. The molecule has 1 fully saturated rings. The van der Waals surface area contributed by atoms with Gasteiger partial charge in [0.15, 0.2) is 10.9 Å². The van der Waals surface area contributed by atoms with Gasteiger partial charge in [-0.15, -0.1) is 11.3 Å². The summed E-state index contributed by atoms with van der Waals surface area (Å²) in [7, 11) is 0. The highest BCUT2D eigenvalue weighted by atomic mass is 32.1. The lowest BCUT2D eigenvalue weighted by Crippen LogP contribution is -2.42. The lowest BCUT2D eigenvalue weighted by atomic mass is 9.95. The van der Waals surface area contributed by atoms with Gasteiger partial charge in [-0.3, -0.25) is 19.7 Å². The van der Waals surface area contributed by atoms with E-state index in [4.69, 9.17) is 4.42 Å². The number of likely N-dealkylation sites (tertiary alicyclic amines) is 1. The van der Waals surface area contributed by atoms with Crippen LogP contribution in [0.3, 0.4) is 0 Å². The number of carbonyl (C=O) groups is 3. The molecule has 0 radical (unpaired) electrons. The zero-order valence-corrected chi connectivity index (χ0v) is 17.6. The summed E-state index contributed by atoms with van der Waals surface area (Å²) in [5.41, 5.74) is 1.39. The van der Waals surface area contributed by atoms with Crippen LogP contribution in [0.15, 0.2) is 58.5 Å². The number of anilines is 2. The van der Waals surface area contributed by atoms with Crippen LogP contribution in [0.5, 0.6) is 0 Å². The van der Waals surface area contributed by atoms with E-state index >= 15 is 0 Å². The fraction of sp³-hybridized carbons (Fsp3) is 0.273. The molecule has 0 aliphatic carbocycles. The summed E-state index contributed by atoms with van der Waals surface area (Å²) in [6, 6.07) is 12.6. The van der Waals surface area contributed by atoms with E-state index < -0.39 is 0 Å². The molecule has 2 aromatic heterocycles. The SMILES string of the molecule is O=C(Nc1nc(CC(=O)N2CCC(C(=O)Nc3ccccc3)CC2)cs1)c1ccco1. The molecule has 31 heavy (non-hydrogen) atoms. The second-order valence-corrected chi connectivity index (χ2v) is 8.12. The number of carbonyl (C=O) groups excluding carboxylic acids is 3. The van der Waals surface area contributed by atoms with Crippen molar-refractivity contribution in [2.45, 2.75) is 19.3 Å². The number of hydrogen-bond acceptors (Lipinski definition) is 6. The minimum absolute atomic E-state index is 0.00487. The molecule has 4 rings (SSSR count). The van der Waals surface area contributed by atoms with E-state index in [9.17, 15) is 14.4 Å². The van der Waals surface area contributed by atoms with Crippen LogP contribution in [-0.2, 0) is 16.0 Å². The third-order valence-corrected chi connectivity index (χ3v) is 5.92. The normalized spacial score (nSPS) is 14.3. The Bertz CT molecular complexity index is 1040. The molecule has 0 atom stereocenters. The molecule has 1 aromatic carbocycles. The first-order valence-corrected chi connectivity index (χ1v) is 10.9. The zero-order chi connectivity index (χ0) is 21.6. The maximum Gasteiger partial charge on any atom is 0.293 e. The molecule has 3 heterocycles. The summed E-state index contributed by atoms with van der Waals surface area (Å²) in [4.78, 5) is 43.2. The molecule has 0 spiro atoms. The van der Waals surface area contributed by atoms with Gasteiger partial charge in [-0.1, -0.05) is 18.2 Å². The van der Waals surface area contributed by atoms with Gasteiger partial charge < -0.3 is 14.6 Å². The summed E-state index contributed by atoms with van der Waals surface area (Å²) in [6.07, 6.45) is 2.85. The summed E-state index contributed by atoms with van der Waals surface area (Å²) in [5.74, 6) is -0.321. The number of aromatic nitrogens is 1. The number of hydrogen-bond donors (Lipinski definition) is 2. The van der Waals surface area contributed by atoms with Gasteiger partial charge in [-0.2, -0.15) is 0 Å². The van der Waals surface area contributed by atoms with Gasteiger partial charge in [0, 0.05) is 30.1 Å². The zero-order valence-electron chi connectivity index (χ0n) is 16.7. The average molecular weight is 439 g/mol. The van der Waals surface area contributed by atoms with Crippen LogP contribution < -0.4 is 10.6 Å². The van der Waals surface area contributed by atoms with Crippen molar-refractivity contribution in [1.82, 2.24) is 9.88 Å². The monoisotopic (exact) mass is 438 g/mol. The largest absolute Gasteiger partial charge is 0.459 e. The number of furan rings is 1. The Labute approximate surface area is 183 Å². The molecule has 2 N–H and O–H groups in total. The van der Waals surface area contributed by atoms with Crippen LogP contribution in [0.25, 0.3) is 0 Å². The molecule has 0 unspecified atom stereocenters. The van der Waals surface area contributed by atoms with Crippen molar-refractivity contribution in [3.8, 4) is 0 Å². The van der Waals surface area contributed by atoms with Gasteiger partial charge in [-0.05, 0) is 37.1 Å². The van der Waals surface area contributed by atoms with Crippen LogP contribution in [-0.4, -0.2) is 40.7 Å².